The smallest absolute Gasteiger partial charge is 0.0696 e. The molecule has 0 aliphatic heterocycles. The number of hydrogen-bond acceptors (Lipinski definition) is 1. The van der Waals surface area contributed by atoms with Crippen molar-refractivity contribution >= 4 is 0 Å². The zero-order chi connectivity index (χ0) is 2.71. The van der Waals surface area contributed by atoms with Crippen LogP contribution in [0, 0.1) is 7.11 Å². The van der Waals surface area contributed by atoms with Gasteiger partial charge >= 0.3 is 0 Å². The van der Waals surface area contributed by atoms with Crippen LogP contribution in [0.5, 0.6) is 0 Å². The van der Waals surface area contributed by atoms with Gasteiger partial charge in [0.2, 0.25) is 0 Å². The molecular formula is C2H7O2. The molecule has 27 valence electrons. The molecule has 4 heavy (non-hydrogen) atoms. The minimum Gasteiger partial charge on any atom is -0.412 e. The van der Waals surface area contributed by atoms with Gasteiger partial charge in [-0.05, 0) is 0 Å². The molecule has 2 nitrogen and oxygen atoms in total. The Balaban J connectivity index is 0. The minimum absolute atomic E-state index is 0. The van der Waals surface area contributed by atoms with E-state index in [9.17, 15) is 0 Å². The molecule has 0 aliphatic rings. The van der Waals surface area contributed by atoms with Gasteiger partial charge in [-0.15, -0.1) is 0 Å². The molecule has 0 bridgehead atoms. The third-order valence-corrected chi connectivity index (χ3v) is 0. The van der Waals surface area contributed by atoms with E-state index in [0.29, 0.717) is 0 Å². The molecule has 1 radical (unpaired) electrons. The molecule has 2 heteroatoms. The second-order valence-corrected chi connectivity index (χ2v) is 0.289. The van der Waals surface area contributed by atoms with Crippen LogP contribution in [0.25, 0.3) is 0 Å². The highest BCUT2D eigenvalue weighted by molar-refractivity contribution is 3.81. The van der Waals surface area contributed by atoms with Crippen molar-refractivity contribution in [1.82, 2.24) is 0 Å². The molecule has 0 unspecified atom stereocenters. The first kappa shape index (κ1) is 9.07. The third-order valence-electron chi connectivity index (χ3n) is 0. The van der Waals surface area contributed by atoms with Crippen LogP contribution in [-0.2, 0) is 4.74 Å². The Morgan fingerprint density at radius 2 is 1.75 bits per heavy atom. The fourth-order valence-electron chi connectivity index (χ4n) is 0. The van der Waals surface area contributed by atoms with Gasteiger partial charge < -0.3 is 10.2 Å². The highest BCUT2D eigenvalue weighted by Gasteiger charge is 1.27. The maximum atomic E-state index is 4.00. The predicted octanol–water partition coefficient (Wildman–Crippen LogP) is -0.400. The fraction of sp³-hybridized carbons (Fsp3) is 0.500. The van der Waals surface area contributed by atoms with Crippen molar-refractivity contribution in [3.8, 4) is 0 Å². The van der Waals surface area contributed by atoms with E-state index >= 15 is 0 Å². The largest absolute Gasteiger partial charge is 0.412 e. The molecule has 0 heterocycles. The standard InChI is InChI=1S/C2H5O.H2O/c1-3-2;/h1H2,2H3;1H2. The molecule has 0 atom stereocenters. The van der Waals surface area contributed by atoms with Crippen molar-refractivity contribution in [2.45, 2.75) is 0 Å². The van der Waals surface area contributed by atoms with Gasteiger partial charge in [-0.25, -0.2) is 0 Å². The Morgan fingerprint density at radius 3 is 1.75 bits per heavy atom. The average molecular weight is 63.1 g/mol. The highest BCUT2D eigenvalue weighted by Crippen LogP contribution is 1.36. The predicted molar refractivity (Wildman–Crippen MR) is 16.0 cm³/mol. The Bertz CT molecular complexity index is 4.00. The van der Waals surface area contributed by atoms with Gasteiger partial charge in [-0.3, -0.25) is 0 Å². The maximum absolute atomic E-state index is 4.00. The molecule has 0 aliphatic carbocycles. The molecule has 0 saturated heterocycles. The van der Waals surface area contributed by atoms with Gasteiger partial charge in [0, 0.05) is 7.11 Å². The second kappa shape index (κ2) is 12.7. The molecule has 0 fully saturated rings. The topological polar surface area (TPSA) is 40.7 Å². The lowest BCUT2D eigenvalue weighted by Gasteiger charge is -1.60. The normalized spacial score (nSPS) is 4.50. The van der Waals surface area contributed by atoms with E-state index in [0.717, 1.165) is 0 Å². The fourth-order valence-corrected chi connectivity index (χ4v) is 0. The SMILES string of the molecule is O.[CH2]OC. The molecule has 0 aromatic rings. The van der Waals surface area contributed by atoms with Crippen molar-refractivity contribution in [1.29, 1.82) is 0 Å². The van der Waals surface area contributed by atoms with E-state index in [1.165, 1.54) is 7.11 Å². The van der Waals surface area contributed by atoms with Gasteiger partial charge in [0.25, 0.3) is 0 Å². The summed E-state index contributed by atoms with van der Waals surface area (Å²) in [4.78, 5) is 0. The van der Waals surface area contributed by atoms with Crippen LogP contribution in [0.15, 0.2) is 0 Å². The summed E-state index contributed by atoms with van der Waals surface area (Å²) in [5.74, 6) is 0. The van der Waals surface area contributed by atoms with Gasteiger partial charge in [0.05, 0.1) is 7.11 Å². The number of methoxy groups -OCH3 is 1. The summed E-state index contributed by atoms with van der Waals surface area (Å²) in [6.07, 6.45) is 0. The monoisotopic (exact) mass is 63.0 g/mol. The Morgan fingerprint density at radius 1 is 1.75 bits per heavy atom. The van der Waals surface area contributed by atoms with Gasteiger partial charge in [0.15, 0.2) is 0 Å². The summed E-state index contributed by atoms with van der Waals surface area (Å²) in [7, 11) is 4.50. The number of rotatable bonds is 0. The first-order valence-corrected chi connectivity index (χ1v) is 0.697. The molecule has 0 saturated carbocycles. The van der Waals surface area contributed by atoms with Crippen LogP contribution in [0.3, 0.4) is 0 Å². The van der Waals surface area contributed by atoms with Crippen LogP contribution in [-0.4, -0.2) is 12.6 Å². The Kier molecular flexibility index (Phi) is 28.8. The minimum atomic E-state index is 0. The molecule has 0 amide bonds. The quantitative estimate of drug-likeness (QED) is 0.377. The van der Waals surface area contributed by atoms with Crippen LogP contribution in [0.4, 0.5) is 0 Å². The molecule has 0 rings (SSSR count). The Hall–Kier alpha value is -0.0800. The number of ether oxygens (including phenoxy) is 1. The van der Waals surface area contributed by atoms with Crippen molar-refractivity contribution in [2.24, 2.45) is 0 Å². The Labute approximate surface area is 25.7 Å². The van der Waals surface area contributed by atoms with Crippen LogP contribution in [0.1, 0.15) is 0 Å². The number of hydrogen-bond donors (Lipinski definition) is 0. The van der Waals surface area contributed by atoms with E-state index in [4.69, 9.17) is 0 Å². The summed E-state index contributed by atoms with van der Waals surface area (Å²) in [6.45, 7) is 0. The highest BCUT2D eigenvalue weighted by atomic mass is 16.4. The zero-order valence-corrected chi connectivity index (χ0v) is 2.62. The first-order chi connectivity index (χ1) is 1.41. The molecule has 2 N–H and O–H groups in total. The van der Waals surface area contributed by atoms with Gasteiger partial charge in [0.1, 0.15) is 0 Å². The lowest BCUT2D eigenvalue weighted by atomic mass is 11.6. The summed E-state index contributed by atoms with van der Waals surface area (Å²) in [5, 5.41) is 0. The van der Waals surface area contributed by atoms with Gasteiger partial charge in [-0.2, -0.15) is 0 Å². The van der Waals surface area contributed by atoms with Gasteiger partial charge in [-0.1, -0.05) is 0 Å². The van der Waals surface area contributed by atoms with Crippen molar-refractivity contribution in [3.05, 3.63) is 7.11 Å². The summed E-state index contributed by atoms with van der Waals surface area (Å²) < 4.78 is 4.00. The first-order valence-electron chi connectivity index (χ1n) is 0.697. The maximum Gasteiger partial charge on any atom is 0.0696 e. The van der Waals surface area contributed by atoms with E-state index in [2.05, 4.69) is 11.8 Å². The summed E-state index contributed by atoms with van der Waals surface area (Å²) in [6, 6.07) is 0. The molecular weight excluding hydrogens is 56.0 g/mol. The zero-order valence-electron chi connectivity index (χ0n) is 2.62. The molecule has 0 aromatic heterocycles. The van der Waals surface area contributed by atoms with E-state index in [1.807, 2.05) is 0 Å². The van der Waals surface area contributed by atoms with Crippen LogP contribution >= 0.6 is 0 Å². The van der Waals surface area contributed by atoms with Crippen molar-refractivity contribution in [2.75, 3.05) is 7.11 Å². The van der Waals surface area contributed by atoms with E-state index in [-0.39, 0.29) is 5.48 Å². The molecule has 0 spiro atoms. The van der Waals surface area contributed by atoms with Crippen molar-refractivity contribution < 1.29 is 10.2 Å². The summed E-state index contributed by atoms with van der Waals surface area (Å²) in [5.41, 5.74) is 0. The van der Waals surface area contributed by atoms with E-state index < -0.39 is 0 Å². The second-order valence-electron chi connectivity index (χ2n) is 0.289. The average Bonchev–Trinajstić information content (AvgIpc) is 0.918. The molecule has 0 aromatic carbocycles. The van der Waals surface area contributed by atoms with Crippen molar-refractivity contribution in [3.63, 3.8) is 0 Å². The lowest BCUT2D eigenvalue weighted by Crippen LogP contribution is -1.49. The summed E-state index contributed by atoms with van der Waals surface area (Å²) >= 11 is 0. The van der Waals surface area contributed by atoms with E-state index in [1.54, 1.807) is 0 Å². The van der Waals surface area contributed by atoms with Crippen LogP contribution < -0.4 is 0 Å². The lowest BCUT2D eigenvalue weighted by molar-refractivity contribution is 0.329. The van der Waals surface area contributed by atoms with Crippen LogP contribution in [0.2, 0.25) is 0 Å². The third kappa shape index (κ3) is 254.